The van der Waals surface area contributed by atoms with E-state index in [0.717, 1.165) is 5.56 Å². The molecule has 1 unspecified atom stereocenters. The molecule has 0 aliphatic carbocycles. The lowest BCUT2D eigenvalue weighted by molar-refractivity contribution is -0.133. The lowest BCUT2D eigenvalue weighted by Gasteiger charge is -2.26. The Bertz CT molecular complexity index is 494. The van der Waals surface area contributed by atoms with Crippen LogP contribution >= 0.6 is 0 Å². The fourth-order valence-corrected chi connectivity index (χ4v) is 1.87. The number of benzene rings is 1. The third-order valence-corrected chi connectivity index (χ3v) is 2.63. The molecule has 2 amide bonds. The molecular formula is C12H12N2O3. The monoisotopic (exact) mass is 232 g/mol. The van der Waals surface area contributed by atoms with E-state index in [1.165, 1.54) is 0 Å². The lowest BCUT2D eigenvalue weighted by Crippen LogP contribution is -2.45. The molecule has 5 heteroatoms. The van der Waals surface area contributed by atoms with E-state index in [1.807, 2.05) is 6.07 Å². The maximum atomic E-state index is 11.4. The summed E-state index contributed by atoms with van der Waals surface area (Å²) in [6.45, 7) is 1.58. The van der Waals surface area contributed by atoms with Crippen molar-refractivity contribution >= 4 is 12.0 Å². The number of amides is 2. The van der Waals surface area contributed by atoms with E-state index in [4.69, 9.17) is 0 Å². The molecule has 1 aromatic rings. The van der Waals surface area contributed by atoms with Crippen LogP contribution in [0.1, 0.15) is 18.5 Å². The van der Waals surface area contributed by atoms with Gasteiger partial charge in [-0.2, -0.15) is 0 Å². The van der Waals surface area contributed by atoms with Crippen LogP contribution in [0.15, 0.2) is 41.6 Å². The molecule has 1 aromatic carbocycles. The minimum Gasteiger partial charge on any atom is -0.478 e. The molecule has 1 heterocycles. The second-order valence-electron chi connectivity index (χ2n) is 3.79. The normalized spacial score (nSPS) is 19.6. The van der Waals surface area contributed by atoms with Gasteiger partial charge in [-0.05, 0) is 12.5 Å². The van der Waals surface area contributed by atoms with E-state index < -0.39 is 12.0 Å². The zero-order valence-electron chi connectivity index (χ0n) is 9.23. The molecule has 3 N–H and O–H groups in total. The van der Waals surface area contributed by atoms with Gasteiger partial charge in [-0.25, -0.2) is 9.59 Å². The number of carbonyl (C=O) groups is 2. The Morgan fingerprint density at radius 2 is 1.94 bits per heavy atom. The first-order chi connectivity index (χ1) is 8.09. The van der Waals surface area contributed by atoms with Crippen molar-refractivity contribution in [1.82, 2.24) is 10.6 Å². The third kappa shape index (κ3) is 2.13. The second kappa shape index (κ2) is 4.29. The van der Waals surface area contributed by atoms with E-state index in [0.29, 0.717) is 5.70 Å². The van der Waals surface area contributed by atoms with Crippen molar-refractivity contribution in [2.75, 3.05) is 0 Å². The van der Waals surface area contributed by atoms with Gasteiger partial charge in [-0.3, -0.25) is 0 Å². The van der Waals surface area contributed by atoms with Crippen LogP contribution in [0, 0.1) is 0 Å². The first-order valence-corrected chi connectivity index (χ1v) is 5.16. The highest BCUT2D eigenvalue weighted by Gasteiger charge is 2.30. The van der Waals surface area contributed by atoms with Gasteiger partial charge in [0.15, 0.2) is 0 Å². The van der Waals surface area contributed by atoms with Crippen molar-refractivity contribution in [3.63, 3.8) is 0 Å². The molecule has 17 heavy (non-hydrogen) atoms. The number of nitrogens with one attached hydrogen (secondary N) is 2. The van der Waals surface area contributed by atoms with Crippen molar-refractivity contribution in [3.05, 3.63) is 47.2 Å². The zero-order chi connectivity index (χ0) is 12.4. The van der Waals surface area contributed by atoms with Crippen molar-refractivity contribution in [3.8, 4) is 0 Å². The molecule has 1 aliphatic heterocycles. The number of urea groups is 1. The topological polar surface area (TPSA) is 78.4 Å². The van der Waals surface area contributed by atoms with Gasteiger partial charge in [-0.15, -0.1) is 0 Å². The van der Waals surface area contributed by atoms with Crippen LogP contribution in [0.3, 0.4) is 0 Å². The summed E-state index contributed by atoms with van der Waals surface area (Å²) in [6.07, 6.45) is 0. The zero-order valence-corrected chi connectivity index (χ0v) is 9.23. The van der Waals surface area contributed by atoms with E-state index in [1.54, 1.807) is 31.2 Å². The number of carbonyl (C=O) groups excluding carboxylic acids is 1. The van der Waals surface area contributed by atoms with Crippen molar-refractivity contribution in [2.24, 2.45) is 0 Å². The second-order valence-corrected chi connectivity index (χ2v) is 3.79. The van der Waals surface area contributed by atoms with Crippen LogP contribution in [-0.2, 0) is 4.79 Å². The number of hydrogen-bond donors (Lipinski definition) is 3. The Kier molecular flexibility index (Phi) is 2.82. The predicted molar refractivity (Wildman–Crippen MR) is 61.2 cm³/mol. The van der Waals surface area contributed by atoms with Crippen LogP contribution < -0.4 is 10.6 Å². The quantitative estimate of drug-likeness (QED) is 0.721. The average Bonchev–Trinajstić information content (AvgIpc) is 2.28. The first kappa shape index (κ1) is 11.2. The summed E-state index contributed by atoms with van der Waals surface area (Å²) in [6, 6.07) is 8.02. The molecular weight excluding hydrogens is 220 g/mol. The van der Waals surface area contributed by atoms with Gasteiger partial charge >= 0.3 is 12.0 Å². The summed E-state index contributed by atoms with van der Waals surface area (Å²) in [4.78, 5) is 22.6. The molecule has 0 fully saturated rings. The minimum atomic E-state index is -1.04. The highest BCUT2D eigenvalue weighted by atomic mass is 16.4. The fourth-order valence-electron chi connectivity index (χ4n) is 1.87. The van der Waals surface area contributed by atoms with Crippen molar-refractivity contribution in [1.29, 1.82) is 0 Å². The Labute approximate surface area is 98.1 Å². The number of allylic oxidation sites excluding steroid dienone is 1. The van der Waals surface area contributed by atoms with Gasteiger partial charge in [0, 0.05) is 5.70 Å². The maximum Gasteiger partial charge on any atom is 0.335 e. The van der Waals surface area contributed by atoms with Crippen molar-refractivity contribution < 1.29 is 14.7 Å². The molecule has 0 spiro atoms. The molecule has 5 nitrogen and oxygen atoms in total. The molecule has 2 rings (SSSR count). The molecule has 1 atom stereocenters. The van der Waals surface area contributed by atoms with Crippen LogP contribution in [0.25, 0.3) is 0 Å². The molecule has 1 aliphatic rings. The summed E-state index contributed by atoms with van der Waals surface area (Å²) < 4.78 is 0. The van der Waals surface area contributed by atoms with Crippen LogP contribution in [0.2, 0.25) is 0 Å². The maximum absolute atomic E-state index is 11.4. The number of hydrogen-bond acceptors (Lipinski definition) is 2. The Hall–Kier alpha value is -2.30. The molecule has 0 radical (unpaired) electrons. The number of rotatable bonds is 2. The largest absolute Gasteiger partial charge is 0.478 e. The molecule has 88 valence electrons. The highest BCUT2D eigenvalue weighted by Crippen LogP contribution is 2.26. The molecule has 0 saturated heterocycles. The summed E-state index contributed by atoms with van der Waals surface area (Å²) in [5.74, 6) is -1.04. The van der Waals surface area contributed by atoms with Crippen LogP contribution in [-0.4, -0.2) is 17.1 Å². The Balaban J connectivity index is 2.47. The SMILES string of the molecule is CC1=C(C(=O)O)C(c2ccccc2)NC(=O)N1. The van der Waals surface area contributed by atoms with Gasteiger partial charge in [0.05, 0.1) is 11.6 Å². The van der Waals surface area contributed by atoms with E-state index >= 15 is 0 Å². The first-order valence-electron chi connectivity index (χ1n) is 5.16. The van der Waals surface area contributed by atoms with Gasteiger partial charge < -0.3 is 15.7 Å². The molecule has 0 bridgehead atoms. The van der Waals surface area contributed by atoms with E-state index in [-0.39, 0.29) is 11.6 Å². The molecule has 0 aromatic heterocycles. The number of carboxylic acid groups (broad SMARTS) is 1. The van der Waals surface area contributed by atoms with Crippen LogP contribution in [0.4, 0.5) is 4.79 Å². The average molecular weight is 232 g/mol. The lowest BCUT2D eigenvalue weighted by atomic mass is 9.96. The van der Waals surface area contributed by atoms with Gasteiger partial charge in [-0.1, -0.05) is 30.3 Å². The summed E-state index contributed by atoms with van der Waals surface area (Å²) in [5, 5.41) is 14.2. The standard InChI is InChI=1S/C12H12N2O3/c1-7-9(11(15)16)10(14-12(17)13-7)8-5-3-2-4-6-8/h2-6,10H,1H3,(H,15,16)(H2,13,14,17). The summed E-state index contributed by atoms with van der Waals surface area (Å²) in [7, 11) is 0. The number of aliphatic carboxylic acids is 1. The van der Waals surface area contributed by atoms with Gasteiger partial charge in [0.25, 0.3) is 0 Å². The smallest absolute Gasteiger partial charge is 0.335 e. The summed E-state index contributed by atoms with van der Waals surface area (Å²) >= 11 is 0. The molecule has 0 saturated carbocycles. The van der Waals surface area contributed by atoms with Crippen LogP contribution in [0.5, 0.6) is 0 Å². The highest BCUT2D eigenvalue weighted by molar-refractivity contribution is 5.93. The summed E-state index contributed by atoms with van der Waals surface area (Å²) in [5.41, 5.74) is 1.28. The van der Waals surface area contributed by atoms with Gasteiger partial charge in [0.2, 0.25) is 0 Å². The third-order valence-electron chi connectivity index (χ3n) is 2.63. The van der Waals surface area contributed by atoms with E-state index in [2.05, 4.69) is 10.6 Å². The predicted octanol–water partition coefficient (Wildman–Crippen LogP) is 1.40. The number of carboxylic acids is 1. The van der Waals surface area contributed by atoms with E-state index in [9.17, 15) is 14.7 Å². The van der Waals surface area contributed by atoms with Gasteiger partial charge in [0.1, 0.15) is 0 Å². The minimum absolute atomic E-state index is 0.163. The Morgan fingerprint density at radius 3 is 2.53 bits per heavy atom. The Morgan fingerprint density at radius 1 is 1.29 bits per heavy atom. The fraction of sp³-hybridized carbons (Fsp3) is 0.167. The van der Waals surface area contributed by atoms with Crippen molar-refractivity contribution in [2.45, 2.75) is 13.0 Å².